The molecule has 0 unspecified atom stereocenters. The number of nitrogens with two attached hydrogens (primary N) is 1. The summed E-state index contributed by atoms with van der Waals surface area (Å²) in [6.45, 7) is 2.82. The third-order valence-electron chi connectivity index (χ3n) is 6.45. The molecule has 0 amide bonds. The first-order chi connectivity index (χ1) is 14.7. The van der Waals surface area contributed by atoms with Crippen molar-refractivity contribution < 1.29 is 4.74 Å². The summed E-state index contributed by atoms with van der Waals surface area (Å²) in [6.07, 6.45) is 10.3. The number of nitrogens with zero attached hydrogens (tertiary/aromatic N) is 3. The molecular weight excluding hydrogens is 374 g/mol. The van der Waals surface area contributed by atoms with E-state index in [2.05, 4.69) is 39.7 Å². The number of ether oxygens (including phenoxy) is 1. The summed E-state index contributed by atoms with van der Waals surface area (Å²) in [7, 11) is 1.91. The van der Waals surface area contributed by atoms with Gasteiger partial charge in [-0.25, -0.2) is 4.98 Å². The molecule has 0 radical (unpaired) electrons. The molecule has 1 atom stereocenters. The minimum atomic E-state index is 0.433. The third kappa shape index (κ3) is 3.73. The van der Waals surface area contributed by atoms with Gasteiger partial charge in [-0.2, -0.15) is 5.10 Å². The number of rotatable bonds is 4. The zero-order valence-electron chi connectivity index (χ0n) is 17.5. The summed E-state index contributed by atoms with van der Waals surface area (Å²) in [4.78, 5) is 4.49. The number of aromatic nitrogens is 3. The molecule has 6 nitrogen and oxygen atoms in total. The Morgan fingerprint density at radius 2 is 1.90 bits per heavy atom. The molecular formula is C24H29N5O. The van der Waals surface area contributed by atoms with E-state index >= 15 is 0 Å². The van der Waals surface area contributed by atoms with E-state index in [-0.39, 0.29) is 0 Å². The van der Waals surface area contributed by atoms with Crippen molar-refractivity contribution in [3.63, 3.8) is 0 Å². The summed E-state index contributed by atoms with van der Waals surface area (Å²) in [6, 6.07) is 9.51. The van der Waals surface area contributed by atoms with Gasteiger partial charge in [0, 0.05) is 55.4 Å². The molecule has 0 aliphatic carbocycles. The van der Waals surface area contributed by atoms with E-state index in [1.54, 1.807) is 4.68 Å². The largest absolute Gasteiger partial charge is 0.383 e. The van der Waals surface area contributed by atoms with Gasteiger partial charge in [-0.1, -0.05) is 12.1 Å². The number of aryl methyl sites for hydroxylation is 1. The first-order valence-corrected chi connectivity index (χ1v) is 10.9. The molecule has 0 saturated carbocycles. The standard InChI is InChI=1S/C24H29N5O/c1-29-15-19(14-28-29)21-12-18(13-27-24(21)25)17-4-5-20(16-6-9-30-10-7-16)22(11-17)23-3-2-8-26-23/h4-5,11-16,23,26H,2-3,6-10H2,1H3,(H2,25,27)/t23-/m0/s1. The van der Waals surface area contributed by atoms with E-state index < -0.39 is 0 Å². The predicted octanol–water partition coefficient (Wildman–Crippen LogP) is 4.05. The number of nitrogen functional groups attached to an aromatic ring is 1. The van der Waals surface area contributed by atoms with Crippen molar-refractivity contribution in [1.29, 1.82) is 0 Å². The van der Waals surface area contributed by atoms with E-state index in [0.717, 1.165) is 49.3 Å². The summed E-state index contributed by atoms with van der Waals surface area (Å²) in [5.41, 5.74) is 13.3. The van der Waals surface area contributed by atoms with E-state index in [4.69, 9.17) is 10.5 Å². The van der Waals surface area contributed by atoms with E-state index in [0.29, 0.717) is 17.8 Å². The van der Waals surface area contributed by atoms with Crippen molar-refractivity contribution in [2.24, 2.45) is 7.05 Å². The van der Waals surface area contributed by atoms with Crippen LogP contribution >= 0.6 is 0 Å². The lowest BCUT2D eigenvalue weighted by Gasteiger charge is -2.27. The van der Waals surface area contributed by atoms with Crippen molar-refractivity contribution in [3.05, 3.63) is 54.0 Å². The molecule has 2 aromatic heterocycles. The van der Waals surface area contributed by atoms with Crippen LogP contribution in [-0.2, 0) is 11.8 Å². The molecule has 3 N–H and O–H groups in total. The fourth-order valence-electron chi connectivity index (χ4n) is 4.81. The molecule has 6 heteroatoms. The lowest BCUT2D eigenvalue weighted by atomic mass is 9.84. The van der Waals surface area contributed by atoms with Crippen LogP contribution in [-0.4, -0.2) is 34.5 Å². The van der Waals surface area contributed by atoms with E-state index in [1.807, 2.05) is 25.6 Å². The quantitative estimate of drug-likeness (QED) is 0.687. The Bertz CT molecular complexity index is 1030. The number of anilines is 1. The number of pyridine rings is 1. The second kappa shape index (κ2) is 8.20. The molecule has 5 rings (SSSR count). The van der Waals surface area contributed by atoms with Gasteiger partial charge in [0.25, 0.3) is 0 Å². The van der Waals surface area contributed by atoms with Crippen molar-refractivity contribution in [2.75, 3.05) is 25.5 Å². The molecule has 2 aliphatic heterocycles. The summed E-state index contributed by atoms with van der Waals surface area (Å²) >= 11 is 0. The second-order valence-electron chi connectivity index (χ2n) is 8.44. The maximum atomic E-state index is 6.19. The molecule has 30 heavy (non-hydrogen) atoms. The Morgan fingerprint density at radius 1 is 1.03 bits per heavy atom. The Kier molecular flexibility index (Phi) is 5.27. The van der Waals surface area contributed by atoms with Crippen molar-refractivity contribution in [1.82, 2.24) is 20.1 Å². The molecule has 0 bridgehead atoms. The average Bonchev–Trinajstić information content (AvgIpc) is 3.46. The Labute approximate surface area is 177 Å². The zero-order valence-corrected chi connectivity index (χ0v) is 17.5. The van der Waals surface area contributed by atoms with Crippen LogP contribution in [0.1, 0.15) is 48.8 Å². The third-order valence-corrected chi connectivity index (χ3v) is 6.45. The molecule has 2 aliphatic rings. The Balaban J connectivity index is 1.55. The van der Waals surface area contributed by atoms with Crippen LogP contribution in [0, 0.1) is 0 Å². The van der Waals surface area contributed by atoms with Crippen LogP contribution in [0.4, 0.5) is 5.82 Å². The van der Waals surface area contributed by atoms with Crippen molar-refractivity contribution in [3.8, 4) is 22.3 Å². The number of hydrogen-bond acceptors (Lipinski definition) is 5. The maximum absolute atomic E-state index is 6.19. The molecule has 2 saturated heterocycles. The number of nitrogens with one attached hydrogen (secondary N) is 1. The highest BCUT2D eigenvalue weighted by molar-refractivity contribution is 5.79. The maximum Gasteiger partial charge on any atom is 0.131 e. The van der Waals surface area contributed by atoms with Gasteiger partial charge in [0.15, 0.2) is 0 Å². The van der Waals surface area contributed by atoms with Crippen LogP contribution in [0.5, 0.6) is 0 Å². The predicted molar refractivity (Wildman–Crippen MR) is 119 cm³/mol. The highest BCUT2D eigenvalue weighted by atomic mass is 16.5. The van der Waals surface area contributed by atoms with Crippen molar-refractivity contribution >= 4 is 5.82 Å². The molecule has 156 valence electrons. The lowest BCUT2D eigenvalue weighted by Crippen LogP contribution is -2.19. The highest BCUT2D eigenvalue weighted by Gasteiger charge is 2.25. The first kappa shape index (κ1) is 19.3. The summed E-state index contributed by atoms with van der Waals surface area (Å²) < 4.78 is 7.39. The fraction of sp³-hybridized carbons (Fsp3) is 0.417. The van der Waals surface area contributed by atoms with Gasteiger partial charge in [-0.3, -0.25) is 4.68 Å². The monoisotopic (exact) mass is 403 g/mol. The van der Waals surface area contributed by atoms with Crippen LogP contribution in [0.25, 0.3) is 22.3 Å². The van der Waals surface area contributed by atoms with Gasteiger partial charge in [0.1, 0.15) is 5.82 Å². The minimum absolute atomic E-state index is 0.433. The smallest absolute Gasteiger partial charge is 0.131 e. The SMILES string of the molecule is Cn1cc(-c2cc(-c3ccc(C4CCOCC4)c([C@@H]4CCCN4)c3)cnc2N)cn1. The van der Waals surface area contributed by atoms with Crippen molar-refractivity contribution in [2.45, 2.75) is 37.6 Å². The molecule has 2 fully saturated rings. The van der Waals surface area contributed by atoms with Crippen LogP contribution in [0.3, 0.4) is 0 Å². The van der Waals surface area contributed by atoms with Crippen LogP contribution in [0.15, 0.2) is 42.9 Å². The highest BCUT2D eigenvalue weighted by Crippen LogP contribution is 2.38. The summed E-state index contributed by atoms with van der Waals surface area (Å²) in [5, 5.41) is 7.98. The molecule has 4 heterocycles. The van der Waals surface area contributed by atoms with Gasteiger partial charge in [0.2, 0.25) is 0 Å². The normalized spacial score (nSPS) is 20.0. The van der Waals surface area contributed by atoms with Crippen LogP contribution in [0.2, 0.25) is 0 Å². The van der Waals surface area contributed by atoms with E-state index in [1.165, 1.54) is 29.5 Å². The van der Waals surface area contributed by atoms with Gasteiger partial charge < -0.3 is 15.8 Å². The van der Waals surface area contributed by atoms with Gasteiger partial charge in [-0.05, 0) is 67.0 Å². The van der Waals surface area contributed by atoms with Gasteiger partial charge in [-0.15, -0.1) is 0 Å². The first-order valence-electron chi connectivity index (χ1n) is 10.9. The van der Waals surface area contributed by atoms with Gasteiger partial charge >= 0.3 is 0 Å². The lowest BCUT2D eigenvalue weighted by molar-refractivity contribution is 0.0851. The van der Waals surface area contributed by atoms with Crippen LogP contribution < -0.4 is 11.1 Å². The van der Waals surface area contributed by atoms with Gasteiger partial charge in [0.05, 0.1) is 6.20 Å². The molecule has 1 aromatic carbocycles. The minimum Gasteiger partial charge on any atom is -0.383 e. The van der Waals surface area contributed by atoms with E-state index in [9.17, 15) is 0 Å². The Morgan fingerprint density at radius 3 is 2.63 bits per heavy atom. The number of benzene rings is 1. The number of hydrogen-bond donors (Lipinski definition) is 2. The second-order valence-corrected chi connectivity index (χ2v) is 8.44. The Hall–Kier alpha value is -2.70. The molecule has 3 aromatic rings. The average molecular weight is 404 g/mol. The zero-order chi connectivity index (χ0) is 20.5. The topological polar surface area (TPSA) is 78.0 Å². The summed E-state index contributed by atoms with van der Waals surface area (Å²) in [5.74, 6) is 1.11. The fourth-order valence-corrected chi connectivity index (χ4v) is 4.81. The molecule has 0 spiro atoms.